The largest absolute Gasteiger partial charge is 0.271 e. The van der Waals surface area contributed by atoms with Gasteiger partial charge in [0.25, 0.3) is 0 Å². The van der Waals surface area contributed by atoms with Crippen LogP contribution in [-0.4, -0.2) is 0 Å². The maximum absolute atomic E-state index is 13.3. The first kappa shape index (κ1) is 13.7. The predicted molar refractivity (Wildman–Crippen MR) is 76.1 cm³/mol. The van der Waals surface area contributed by atoms with Crippen LogP contribution >= 0.6 is 0 Å². The van der Waals surface area contributed by atoms with Gasteiger partial charge >= 0.3 is 0 Å². The summed E-state index contributed by atoms with van der Waals surface area (Å²) in [5.74, 6) is 5.85. The summed E-state index contributed by atoms with van der Waals surface area (Å²) in [6.45, 7) is 4.31. The minimum atomic E-state index is -0.253. The second-order valence-electron chi connectivity index (χ2n) is 4.98. The Labute approximate surface area is 113 Å². The Bertz CT molecular complexity index is 535. The molecule has 3 N–H and O–H groups in total. The van der Waals surface area contributed by atoms with E-state index in [1.807, 2.05) is 18.2 Å². The van der Waals surface area contributed by atoms with Crippen molar-refractivity contribution < 1.29 is 4.39 Å². The molecule has 0 aliphatic heterocycles. The highest BCUT2D eigenvalue weighted by molar-refractivity contribution is 5.34. The van der Waals surface area contributed by atoms with Crippen LogP contribution in [0.5, 0.6) is 0 Å². The van der Waals surface area contributed by atoms with Crippen molar-refractivity contribution in [2.24, 2.45) is 5.84 Å². The van der Waals surface area contributed by atoms with E-state index >= 15 is 0 Å². The third-order valence-corrected chi connectivity index (χ3v) is 3.29. The predicted octanol–water partition coefficient (Wildman–Crippen LogP) is 3.50. The van der Waals surface area contributed by atoms with Crippen molar-refractivity contribution >= 4 is 0 Å². The number of hydrazine groups is 1. The molecule has 2 aromatic carbocycles. The summed E-state index contributed by atoms with van der Waals surface area (Å²) in [5.41, 5.74) is 5.87. The zero-order valence-corrected chi connectivity index (χ0v) is 11.2. The van der Waals surface area contributed by atoms with Gasteiger partial charge in [0.05, 0.1) is 6.04 Å². The number of nitrogens with two attached hydrogens (primary N) is 1. The van der Waals surface area contributed by atoms with E-state index in [0.717, 1.165) is 11.1 Å². The Balaban J connectivity index is 2.31. The van der Waals surface area contributed by atoms with Crippen molar-refractivity contribution in [2.45, 2.75) is 25.8 Å². The molecule has 0 amide bonds. The van der Waals surface area contributed by atoms with Gasteiger partial charge in [-0.3, -0.25) is 5.84 Å². The van der Waals surface area contributed by atoms with Gasteiger partial charge in [-0.1, -0.05) is 50.2 Å². The average Bonchev–Trinajstić information content (AvgIpc) is 2.40. The van der Waals surface area contributed by atoms with Crippen molar-refractivity contribution in [3.8, 4) is 0 Å². The summed E-state index contributed by atoms with van der Waals surface area (Å²) in [7, 11) is 0. The zero-order valence-electron chi connectivity index (χ0n) is 11.2. The minimum absolute atomic E-state index is 0.197. The quantitative estimate of drug-likeness (QED) is 0.650. The first-order valence-corrected chi connectivity index (χ1v) is 6.43. The minimum Gasteiger partial charge on any atom is -0.271 e. The molecule has 2 aromatic rings. The lowest BCUT2D eigenvalue weighted by molar-refractivity contribution is 0.605. The van der Waals surface area contributed by atoms with E-state index in [1.165, 1.54) is 17.7 Å². The first-order valence-electron chi connectivity index (χ1n) is 6.43. The standard InChI is InChI=1S/C16H19FN2/c1-11(2)12-6-8-13(9-7-12)16(19-18)14-4-3-5-15(17)10-14/h3-11,16,19H,18H2,1-2H3. The molecule has 0 fully saturated rings. The molecular weight excluding hydrogens is 239 g/mol. The number of hydrogen-bond acceptors (Lipinski definition) is 2. The van der Waals surface area contributed by atoms with Crippen molar-refractivity contribution in [2.75, 3.05) is 0 Å². The van der Waals surface area contributed by atoms with Crippen molar-refractivity contribution in [1.82, 2.24) is 5.43 Å². The van der Waals surface area contributed by atoms with Gasteiger partial charge < -0.3 is 0 Å². The SMILES string of the molecule is CC(C)c1ccc(C(NN)c2cccc(F)c2)cc1. The molecule has 2 nitrogen and oxygen atoms in total. The van der Waals surface area contributed by atoms with Gasteiger partial charge in [0, 0.05) is 0 Å². The monoisotopic (exact) mass is 258 g/mol. The topological polar surface area (TPSA) is 38.0 Å². The van der Waals surface area contributed by atoms with Crippen LogP contribution in [0.3, 0.4) is 0 Å². The van der Waals surface area contributed by atoms with Gasteiger partial charge in [-0.25, -0.2) is 9.82 Å². The summed E-state index contributed by atoms with van der Waals surface area (Å²) in [6, 6.07) is 14.5. The van der Waals surface area contributed by atoms with Crippen LogP contribution in [0.1, 0.15) is 42.5 Å². The van der Waals surface area contributed by atoms with E-state index in [0.29, 0.717) is 5.92 Å². The highest BCUT2D eigenvalue weighted by Crippen LogP contribution is 2.24. The van der Waals surface area contributed by atoms with E-state index < -0.39 is 0 Å². The molecule has 0 aliphatic rings. The lowest BCUT2D eigenvalue weighted by Gasteiger charge is -2.18. The first-order chi connectivity index (χ1) is 9.11. The van der Waals surface area contributed by atoms with Gasteiger partial charge in [0.2, 0.25) is 0 Å². The zero-order chi connectivity index (χ0) is 13.8. The fourth-order valence-corrected chi connectivity index (χ4v) is 2.14. The molecule has 0 aromatic heterocycles. The number of benzene rings is 2. The molecule has 0 saturated heterocycles. The molecule has 3 heteroatoms. The Morgan fingerprint density at radius 1 is 0.947 bits per heavy atom. The highest BCUT2D eigenvalue weighted by Gasteiger charge is 2.13. The second-order valence-corrected chi connectivity index (χ2v) is 4.98. The molecule has 0 bridgehead atoms. The number of rotatable bonds is 4. The molecule has 100 valence electrons. The molecule has 2 rings (SSSR count). The third kappa shape index (κ3) is 3.19. The summed E-state index contributed by atoms with van der Waals surface area (Å²) < 4.78 is 13.3. The van der Waals surface area contributed by atoms with Crippen LogP contribution in [0.2, 0.25) is 0 Å². The fourth-order valence-electron chi connectivity index (χ4n) is 2.14. The highest BCUT2D eigenvalue weighted by atomic mass is 19.1. The van der Waals surface area contributed by atoms with Crippen molar-refractivity contribution in [1.29, 1.82) is 0 Å². The summed E-state index contributed by atoms with van der Waals surface area (Å²) >= 11 is 0. The van der Waals surface area contributed by atoms with E-state index in [4.69, 9.17) is 5.84 Å². The van der Waals surface area contributed by atoms with Crippen LogP contribution in [0.4, 0.5) is 4.39 Å². The van der Waals surface area contributed by atoms with E-state index in [1.54, 1.807) is 6.07 Å². The summed E-state index contributed by atoms with van der Waals surface area (Å²) in [4.78, 5) is 0. The number of nitrogens with one attached hydrogen (secondary N) is 1. The fraction of sp³-hybridized carbons (Fsp3) is 0.250. The van der Waals surface area contributed by atoms with E-state index in [2.05, 4.69) is 31.4 Å². The lowest BCUT2D eigenvalue weighted by Crippen LogP contribution is -2.28. The second kappa shape index (κ2) is 5.95. The van der Waals surface area contributed by atoms with Crippen LogP contribution < -0.4 is 11.3 Å². The smallest absolute Gasteiger partial charge is 0.123 e. The van der Waals surface area contributed by atoms with Gasteiger partial charge in [-0.2, -0.15) is 0 Å². The van der Waals surface area contributed by atoms with E-state index in [9.17, 15) is 4.39 Å². The van der Waals surface area contributed by atoms with Gasteiger partial charge in [0.15, 0.2) is 0 Å². The molecular formula is C16H19FN2. The molecule has 1 atom stereocenters. The Kier molecular flexibility index (Phi) is 4.30. The normalized spacial score (nSPS) is 12.7. The van der Waals surface area contributed by atoms with E-state index in [-0.39, 0.29) is 11.9 Å². The molecule has 0 saturated carbocycles. The number of halogens is 1. The van der Waals surface area contributed by atoms with Crippen LogP contribution in [0.15, 0.2) is 48.5 Å². The maximum Gasteiger partial charge on any atom is 0.123 e. The van der Waals surface area contributed by atoms with Crippen LogP contribution in [0, 0.1) is 5.82 Å². The van der Waals surface area contributed by atoms with Gasteiger partial charge in [0.1, 0.15) is 5.82 Å². The summed E-state index contributed by atoms with van der Waals surface area (Å²) in [6.07, 6.45) is 0. The Hall–Kier alpha value is -1.71. The van der Waals surface area contributed by atoms with Crippen molar-refractivity contribution in [3.05, 3.63) is 71.0 Å². The number of hydrogen-bond donors (Lipinski definition) is 2. The van der Waals surface area contributed by atoms with Gasteiger partial charge in [-0.15, -0.1) is 0 Å². The molecule has 19 heavy (non-hydrogen) atoms. The molecule has 0 radical (unpaired) electrons. The maximum atomic E-state index is 13.3. The van der Waals surface area contributed by atoms with Crippen molar-refractivity contribution in [3.63, 3.8) is 0 Å². The lowest BCUT2D eigenvalue weighted by atomic mass is 9.95. The molecule has 0 aliphatic carbocycles. The third-order valence-electron chi connectivity index (χ3n) is 3.29. The van der Waals surface area contributed by atoms with Crippen LogP contribution in [0.25, 0.3) is 0 Å². The van der Waals surface area contributed by atoms with Crippen LogP contribution in [-0.2, 0) is 0 Å². The Morgan fingerprint density at radius 3 is 2.11 bits per heavy atom. The Morgan fingerprint density at radius 2 is 1.58 bits per heavy atom. The molecule has 0 spiro atoms. The summed E-state index contributed by atoms with van der Waals surface area (Å²) in [5, 5.41) is 0. The average molecular weight is 258 g/mol. The van der Waals surface area contributed by atoms with Gasteiger partial charge in [-0.05, 0) is 34.7 Å². The molecule has 0 heterocycles. The molecule has 1 unspecified atom stereocenters.